The molecule has 0 saturated carbocycles. The average molecular weight is 248 g/mol. The molecule has 0 aromatic rings. The highest BCUT2D eigenvalue weighted by Gasteiger charge is 2.54. The Hall–Kier alpha value is -1.35. The number of rotatable bonds is 1. The van der Waals surface area contributed by atoms with Crippen LogP contribution in [0.5, 0.6) is 0 Å². The lowest BCUT2D eigenvalue weighted by molar-refractivity contribution is -0.125. The summed E-state index contributed by atoms with van der Waals surface area (Å²) in [4.78, 5) is 12.0. The summed E-state index contributed by atoms with van der Waals surface area (Å²) in [6, 6.07) is 0. The molecular formula is C15H20O3. The van der Waals surface area contributed by atoms with E-state index in [0.29, 0.717) is 12.2 Å². The summed E-state index contributed by atoms with van der Waals surface area (Å²) in [5.74, 6) is -0.0116. The van der Waals surface area contributed by atoms with E-state index in [-0.39, 0.29) is 11.9 Å². The van der Waals surface area contributed by atoms with E-state index in [9.17, 15) is 9.90 Å². The Kier molecular flexibility index (Phi) is 3.20. The van der Waals surface area contributed by atoms with Gasteiger partial charge in [0.2, 0.25) is 0 Å². The molecule has 0 spiro atoms. The fraction of sp³-hybridized carbons (Fsp3) is 0.533. The summed E-state index contributed by atoms with van der Waals surface area (Å²) in [7, 11) is 0. The zero-order valence-corrected chi connectivity index (χ0v) is 11.4. The van der Waals surface area contributed by atoms with E-state index in [1.54, 1.807) is 19.1 Å². The third kappa shape index (κ3) is 2.15. The van der Waals surface area contributed by atoms with E-state index in [4.69, 9.17) is 4.74 Å². The van der Waals surface area contributed by atoms with Crippen molar-refractivity contribution in [1.82, 2.24) is 0 Å². The number of aliphatic hydroxyl groups is 1. The first kappa shape index (κ1) is 13.1. The highest BCUT2D eigenvalue weighted by Crippen LogP contribution is 2.44. The minimum Gasteiger partial charge on any atom is -0.490 e. The van der Waals surface area contributed by atoms with E-state index >= 15 is 0 Å². The number of carbonyl (C=O) groups is 1. The second kappa shape index (κ2) is 4.39. The van der Waals surface area contributed by atoms with Crippen molar-refractivity contribution in [1.29, 1.82) is 0 Å². The van der Waals surface area contributed by atoms with Crippen molar-refractivity contribution < 1.29 is 14.6 Å². The monoisotopic (exact) mass is 248 g/mol. The molecule has 1 saturated heterocycles. The third-order valence-electron chi connectivity index (χ3n) is 3.54. The van der Waals surface area contributed by atoms with Gasteiger partial charge in [-0.3, -0.25) is 4.79 Å². The van der Waals surface area contributed by atoms with E-state index < -0.39 is 11.5 Å². The first-order valence-electron chi connectivity index (χ1n) is 6.28. The Morgan fingerprint density at radius 2 is 2.22 bits per heavy atom. The molecule has 0 radical (unpaired) electrons. The number of fused-ring (bicyclic) bond motifs is 1. The van der Waals surface area contributed by atoms with Crippen LogP contribution in [0.2, 0.25) is 0 Å². The van der Waals surface area contributed by atoms with Crippen LogP contribution in [-0.2, 0) is 9.53 Å². The molecule has 3 nitrogen and oxygen atoms in total. The molecule has 0 aromatic heterocycles. The molecule has 2 rings (SSSR count). The van der Waals surface area contributed by atoms with Crippen LogP contribution < -0.4 is 0 Å². The zero-order chi connectivity index (χ0) is 13.5. The van der Waals surface area contributed by atoms with Gasteiger partial charge < -0.3 is 9.84 Å². The summed E-state index contributed by atoms with van der Waals surface area (Å²) in [6.07, 6.45) is 5.78. The summed E-state index contributed by atoms with van der Waals surface area (Å²) in [6.45, 7) is 7.54. The number of carbonyl (C=O) groups excluding carboxylic acids is 1. The van der Waals surface area contributed by atoms with Crippen LogP contribution in [0.3, 0.4) is 0 Å². The van der Waals surface area contributed by atoms with Crippen molar-refractivity contribution in [3.05, 3.63) is 35.1 Å². The molecule has 3 heteroatoms. The SMILES string of the molecule is CC(C)=CC=C1O[C@H]2CC(C)=CC(=O)[C@H]2[C@]1(C)O. The van der Waals surface area contributed by atoms with Crippen molar-refractivity contribution in [2.75, 3.05) is 0 Å². The second-order valence-electron chi connectivity index (χ2n) is 5.65. The molecule has 1 aliphatic heterocycles. The van der Waals surface area contributed by atoms with Crippen LogP contribution >= 0.6 is 0 Å². The Balaban J connectivity index is 2.35. The van der Waals surface area contributed by atoms with Gasteiger partial charge >= 0.3 is 0 Å². The van der Waals surface area contributed by atoms with Gasteiger partial charge in [-0.15, -0.1) is 0 Å². The Labute approximate surface area is 108 Å². The molecule has 1 aliphatic carbocycles. The van der Waals surface area contributed by atoms with Crippen LogP contribution in [0.1, 0.15) is 34.1 Å². The molecule has 1 N–H and O–H groups in total. The van der Waals surface area contributed by atoms with Crippen molar-refractivity contribution in [3.63, 3.8) is 0 Å². The largest absolute Gasteiger partial charge is 0.490 e. The minimum atomic E-state index is -1.20. The molecule has 0 amide bonds. The number of allylic oxidation sites excluding steroid dienone is 4. The maximum Gasteiger partial charge on any atom is 0.165 e. The predicted octanol–water partition coefficient (Wildman–Crippen LogP) is 2.52. The Morgan fingerprint density at radius 1 is 1.56 bits per heavy atom. The van der Waals surface area contributed by atoms with Crippen LogP contribution in [0.4, 0.5) is 0 Å². The van der Waals surface area contributed by atoms with Gasteiger partial charge in [-0.2, -0.15) is 0 Å². The standard InChI is InChI=1S/C15H20O3/c1-9(2)5-6-13-15(4,17)14-11(16)7-10(3)8-12(14)18-13/h5-7,12,14,17H,8H2,1-4H3/t12-,14+,15+/m0/s1. The fourth-order valence-electron chi connectivity index (χ4n) is 2.64. The number of ketones is 1. The first-order chi connectivity index (χ1) is 8.32. The molecule has 2 aliphatic rings. The first-order valence-corrected chi connectivity index (χ1v) is 6.28. The van der Waals surface area contributed by atoms with Crippen LogP contribution in [-0.4, -0.2) is 22.6 Å². The van der Waals surface area contributed by atoms with Gasteiger partial charge in [-0.25, -0.2) is 0 Å². The van der Waals surface area contributed by atoms with E-state index in [1.165, 1.54) is 0 Å². The maximum atomic E-state index is 12.0. The summed E-state index contributed by atoms with van der Waals surface area (Å²) >= 11 is 0. The highest BCUT2D eigenvalue weighted by atomic mass is 16.5. The van der Waals surface area contributed by atoms with Crippen LogP contribution in [0, 0.1) is 5.92 Å². The molecule has 1 fully saturated rings. The lowest BCUT2D eigenvalue weighted by atomic mass is 9.77. The van der Waals surface area contributed by atoms with Crippen LogP contribution in [0.15, 0.2) is 35.1 Å². The van der Waals surface area contributed by atoms with Gasteiger partial charge in [0, 0.05) is 6.42 Å². The van der Waals surface area contributed by atoms with Crippen LogP contribution in [0.25, 0.3) is 0 Å². The summed E-state index contributed by atoms with van der Waals surface area (Å²) < 4.78 is 5.78. The lowest BCUT2D eigenvalue weighted by Gasteiger charge is -2.26. The zero-order valence-electron chi connectivity index (χ0n) is 11.4. The predicted molar refractivity (Wildman–Crippen MR) is 69.9 cm³/mol. The summed E-state index contributed by atoms with van der Waals surface area (Å²) in [5.41, 5.74) is 0.933. The van der Waals surface area contributed by atoms with Crippen molar-refractivity contribution in [3.8, 4) is 0 Å². The molecule has 0 bridgehead atoms. The van der Waals surface area contributed by atoms with Gasteiger partial charge in [-0.05, 0) is 39.8 Å². The minimum absolute atomic E-state index is 0.0330. The van der Waals surface area contributed by atoms with E-state index in [0.717, 1.165) is 11.1 Å². The van der Waals surface area contributed by atoms with Gasteiger partial charge in [0.25, 0.3) is 0 Å². The van der Waals surface area contributed by atoms with E-state index in [1.807, 2.05) is 26.8 Å². The third-order valence-corrected chi connectivity index (χ3v) is 3.54. The van der Waals surface area contributed by atoms with Gasteiger partial charge in [0.05, 0.1) is 5.92 Å². The van der Waals surface area contributed by atoms with Crippen molar-refractivity contribution in [2.24, 2.45) is 5.92 Å². The number of ether oxygens (including phenoxy) is 1. The van der Waals surface area contributed by atoms with Crippen molar-refractivity contribution in [2.45, 2.75) is 45.8 Å². The van der Waals surface area contributed by atoms with E-state index in [2.05, 4.69) is 0 Å². The maximum absolute atomic E-state index is 12.0. The quantitative estimate of drug-likeness (QED) is 0.775. The molecule has 98 valence electrons. The number of hydrogen-bond acceptors (Lipinski definition) is 3. The summed E-state index contributed by atoms with van der Waals surface area (Å²) in [5, 5.41) is 10.5. The highest BCUT2D eigenvalue weighted by molar-refractivity contribution is 5.95. The number of hydrogen-bond donors (Lipinski definition) is 1. The Bertz CT molecular complexity index is 462. The molecule has 3 atom stereocenters. The normalized spacial score (nSPS) is 37.1. The second-order valence-corrected chi connectivity index (χ2v) is 5.65. The molecule has 18 heavy (non-hydrogen) atoms. The van der Waals surface area contributed by atoms with Gasteiger partial charge in [-0.1, -0.05) is 17.2 Å². The molecular weight excluding hydrogens is 228 g/mol. The smallest absolute Gasteiger partial charge is 0.165 e. The molecule has 0 unspecified atom stereocenters. The average Bonchev–Trinajstić information content (AvgIpc) is 2.46. The molecule has 1 heterocycles. The lowest BCUT2D eigenvalue weighted by Crippen LogP contribution is -2.41. The molecule has 0 aromatic carbocycles. The Morgan fingerprint density at radius 3 is 2.83 bits per heavy atom. The van der Waals surface area contributed by atoms with Gasteiger partial charge in [0.15, 0.2) is 5.78 Å². The van der Waals surface area contributed by atoms with Gasteiger partial charge in [0.1, 0.15) is 17.5 Å². The fourth-order valence-corrected chi connectivity index (χ4v) is 2.64. The topological polar surface area (TPSA) is 46.5 Å². The van der Waals surface area contributed by atoms with Crippen molar-refractivity contribution >= 4 is 5.78 Å².